The number of carbonyl (C=O) groups excluding carboxylic acids is 1. The van der Waals surface area contributed by atoms with Gasteiger partial charge < -0.3 is 18.9 Å². The van der Waals surface area contributed by atoms with Gasteiger partial charge in [-0.15, -0.1) is 0 Å². The number of ether oxygens (including phenoxy) is 4. The van der Waals surface area contributed by atoms with Gasteiger partial charge in [-0.3, -0.25) is 0 Å². The van der Waals surface area contributed by atoms with E-state index in [4.69, 9.17) is 18.9 Å². The summed E-state index contributed by atoms with van der Waals surface area (Å²) in [6, 6.07) is 9.55. The number of esters is 1. The summed E-state index contributed by atoms with van der Waals surface area (Å²) in [4.78, 5) is 16.4. The zero-order valence-electron chi connectivity index (χ0n) is 15.8. The average molecular weight is 385 g/mol. The van der Waals surface area contributed by atoms with Gasteiger partial charge in [0.15, 0.2) is 23.1 Å². The Labute approximate surface area is 162 Å². The molecule has 1 heterocycles. The SMILES string of the molecule is COc1cc(OC)c(OC)cc1/C=C1\N=C(CCc2ccc(F)cc2)OC1=O. The minimum Gasteiger partial charge on any atom is -0.496 e. The van der Waals surface area contributed by atoms with E-state index in [1.807, 2.05) is 0 Å². The fourth-order valence-corrected chi connectivity index (χ4v) is 2.78. The number of hydrogen-bond donors (Lipinski definition) is 0. The number of cyclic esters (lactones) is 1. The third kappa shape index (κ3) is 4.31. The summed E-state index contributed by atoms with van der Waals surface area (Å²) in [5, 5.41) is 0. The van der Waals surface area contributed by atoms with Crippen LogP contribution in [0.1, 0.15) is 17.5 Å². The van der Waals surface area contributed by atoms with Crippen molar-refractivity contribution in [2.45, 2.75) is 12.8 Å². The molecule has 0 saturated carbocycles. The molecule has 1 aliphatic rings. The topological polar surface area (TPSA) is 66.3 Å². The monoisotopic (exact) mass is 385 g/mol. The number of hydrogen-bond acceptors (Lipinski definition) is 6. The predicted octanol–water partition coefficient (Wildman–Crippen LogP) is 3.78. The van der Waals surface area contributed by atoms with E-state index >= 15 is 0 Å². The van der Waals surface area contributed by atoms with Crippen molar-refractivity contribution in [1.82, 2.24) is 0 Å². The fraction of sp³-hybridized carbons (Fsp3) is 0.238. The number of aliphatic imine (C=N–C) groups is 1. The van der Waals surface area contributed by atoms with E-state index in [-0.39, 0.29) is 11.5 Å². The summed E-state index contributed by atoms with van der Waals surface area (Å²) >= 11 is 0. The molecule has 0 saturated heterocycles. The Morgan fingerprint density at radius 3 is 2.25 bits per heavy atom. The van der Waals surface area contributed by atoms with Crippen LogP contribution < -0.4 is 14.2 Å². The van der Waals surface area contributed by atoms with Gasteiger partial charge in [0.25, 0.3) is 0 Å². The van der Waals surface area contributed by atoms with Gasteiger partial charge in [-0.1, -0.05) is 12.1 Å². The average Bonchev–Trinajstić information content (AvgIpc) is 3.06. The quantitative estimate of drug-likeness (QED) is 0.536. The largest absolute Gasteiger partial charge is 0.496 e. The molecule has 0 spiro atoms. The van der Waals surface area contributed by atoms with Gasteiger partial charge in [0, 0.05) is 18.1 Å². The van der Waals surface area contributed by atoms with Crippen LogP contribution in [0.5, 0.6) is 17.2 Å². The first-order chi connectivity index (χ1) is 13.5. The molecule has 0 radical (unpaired) electrons. The maximum Gasteiger partial charge on any atom is 0.363 e. The molecule has 28 heavy (non-hydrogen) atoms. The first-order valence-corrected chi connectivity index (χ1v) is 8.60. The molecule has 0 amide bonds. The lowest BCUT2D eigenvalue weighted by Gasteiger charge is -2.12. The van der Waals surface area contributed by atoms with Gasteiger partial charge >= 0.3 is 5.97 Å². The van der Waals surface area contributed by atoms with E-state index < -0.39 is 5.97 Å². The van der Waals surface area contributed by atoms with Gasteiger partial charge in [-0.05, 0) is 36.3 Å². The standard InChI is InChI=1S/C21H20FNO5/c1-25-17-12-19(27-3)18(26-2)11-14(17)10-16-21(24)28-20(23-16)9-6-13-4-7-15(22)8-5-13/h4-5,7-8,10-12H,6,9H2,1-3H3/b16-10-. The van der Waals surface area contributed by atoms with Crippen LogP contribution in [-0.2, 0) is 16.0 Å². The molecule has 0 aromatic heterocycles. The third-order valence-corrected chi connectivity index (χ3v) is 4.23. The van der Waals surface area contributed by atoms with Crippen molar-refractivity contribution in [3.8, 4) is 17.2 Å². The van der Waals surface area contributed by atoms with E-state index in [1.165, 1.54) is 33.5 Å². The number of halogens is 1. The summed E-state index contributed by atoms with van der Waals surface area (Å²) in [5.41, 5.74) is 1.70. The van der Waals surface area contributed by atoms with Crippen molar-refractivity contribution < 1.29 is 28.1 Å². The second-order valence-electron chi connectivity index (χ2n) is 6.00. The van der Waals surface area contributed by atoms with E-state index in [9.17, 15) is 9.18 Å². The van der Waals surface area contributed by atoms with Crippen LogP contribution >= 0.6 is 0 Å². The minimum atomic E-state index is -0.536. The molecule has 2 aromatic carbocycles. The number of rotatable bonds is 7. The summed E-state index contributed by atoms with van der Waals surface area (Å²) in [7, 11) is 4.58. The van der Waals surface area contributed by atoms with Crippen LogP contribution in [0.3, 0.4) is 0 Å². The highest BCUT2D eigenvalue weighted by Gasteiger charge is 2.23. The normalized spacial score (nSPS) is 14.6. The fourth-order valence-electron chi connectivity index (χ4n) is 2.78. The van der Waals surface area contributed by atoms with Gasteiger partial charge in [-0.25, -0.2) is 14.2 Å². The second kappa shape index (κ2) is 8.56. The maximum atomic E-state index is 13.0. The van der Waals surface area contributed by atoms with Crippen molar-refractivity contribution in [2.75, 3.05) is 21.3 Å². The number of benzene rings is 2. The molecule has 0 fully saturated rings. The molecular weight excluding hydrogens is 365 g/mol. The number of methoxy groups -OCH3 is 3. The molecule has 146 valence electrons. The van der Waals surface area contributed by atoms with E-state index in [0.29, 0.717) is 41.6 Å². The lowest BCUT2D eigenvalue weighted by Crippen LogP contribution is -2.05. The van der Waals surface area contributed by atoms with Crippen molar-refractivity contribution in [2.24, 2.45) is 4.99 Å². The van der Waals surface area contributed by atoms with Crippen LogP contribution in [0.15, 0.2) is 47.1 Å². The van der Waals surface area contributed by atoms with Gasteiger partial charge in [-0.2, -0.15) is 0 Å². The van der Waals surface area contributed by atoms with Crippen molar-refractivity contribution in [1.29, 1.82) is 0 Å². The van der Waals surface area contributed by atoms with Crippen molar-refractivity contribution in [3.63, 3.8) is 0 Å². The van der Waals surface area contributed by atoms with Crippen LogP contribution in [-0.4, -0.2) is 33.2 Å². The molecule has 2 aromatic rings. The Hall–Kier alpha value is -3.35. The van der Waals surface area contributed by atoms with Gasteiger partial charge in [0.2, 0.25) is 0 Å². The molecule has 7 heteroatoms. The molecule has 0 N–H and O–H groups in total. The van der Waals surface area contributed by atoms with E-state index in [1.54, 1.807) is 30.3 Å². The van der Waals surface area contributed by atoms with Crippen LogP contribution in [0.25, 0.3) is 6.08 Å². The summed E-state index contributed by atoms with van der Waals surface area (Å²) in [6.45, 7) is 0. The first-order valence-electron chi connectivity index (χ1n) is 8.60. The molecule has 0 atom stereocenters. The molecule has 0 aliphatic carbocycles. The Bertz CT molecular complexity index is 935. The lowest BCUT2D eigenvalue weighted by atomic mass is 10.1. The summed E-state index contributed by atoms with van der Waals surface area (Å²) in [5.74, 6) is 1.02. The van der Waals surface area contributed by atoms with E-state index in [2.05, 4.69) is 4.99 Å². The van der Waals surface area contributed by atoms with Gasteiger partial charge in [0.05, 0.1) is 21.3 Å². The van der Waals surface area contributed by atoms with Crippen LogP contribution in [0.4, 0.5) is 4.39 Å². The second-order valence-corrected chi connectivity index (χ2v) is 6.00. The highest BCUT2D eigenvalue weighted by atomic mass is 19.1. The van der Waals surface area contributed by atoms with E-state index in [0.717, 1.165) is 5.56 Å². The first kappa shape index (κ1) is 19.4. The third-order valence-electron chi connectivity index (χ3n) is 4.23. The Morgan fingerprint density at radius 1 is 0.964 bits per heavy atom. The number of aryl methyl sites for hydroxylation is 1. The van der Waals surface area contributed by atoms with Crippen LogP contribution in [0, 0.1) is 5.82 Å². The molecule has 1 aliphatic heterocycles. The maximum absolute atomic E-state index is 13.0. The molecule has 3 rings (SSSR count). The van der Waals surface area contributed by atoms with Crippen molar-refractivity contribution >= 4 is 17.9 Å². The Kier molecular flexibility index (Phi) is 5.93. The number of nitrogens with zero attached hydrogens (tertiary/aromatic N) is 1. The summed E-state index contributed by atoms with van der Waals surface area (Å²) < 4.78 is 34.1. The predicted molar refractivity (Wildman–Crippen MR) is 102 cm³/mol. The molecule has 6 nitrogen and oxygen atoms in total. The zero-order valence-corrected chi connectivity index (χ0v) is 15.8. The highest BCUT2D eigenvalue weighted by molar-refractivity contribution is 6.07. The Balaban J connectivity index is 1.81. The summed E-state index contributed by atoms with van der Waals surface area (Å²) in [6.07, 6.45) is 2.59. The van der Waals surface area contributed by atoms with Crippen LogP contribution in [0.2, 0.25) is 0 Å². The van der Waals surface area contributed by atoms with Crippen molar-refractivity contribution in [3.05, 3.63) is 59.0 Å². The molecular formula is C21H20FNO5. The zero-order chi connectivity index (χ0) is 20.1. The smallest absolute Gasteiger partial charge is 0.363 e. The lowest BCUT2D eigenvalue weighted by molar-refractivity contribution is -0.130. The minimum absolute atomic E-state index is 0.166. The molecule has 0 unspecified atom stereocenters. The Morgan fingerprint density at radius 2 is 1.61 bits per heavy atom. The molecule has 0 bridgehead atoms. The van der Waals surface area contributed by atoms with Gasteiger partial charge in [0.1, 0.15) is 11.6 Å². The number of carbonyl (C=O) groups is 1. The highest BCUT2D eigenvalue weighted by Crippen LogP contribution is 2.36.